The maximum absolute atomic E-state index is 13.6. The van der Waals surface area contributed by atoms with Gasteiger partial charge in [0.15, 0.2) is 0 Å². The van der Waals surface area contributed by atoms with Gasteiger partial charge in [0.25, 0.3) is 0 Å². The predicted molar refractivity (Wildman–Crippen MR) is 124 cm³/mol. The number of nitrogens with one attached hydrogen (secondary N) is 1. The van der Waals surface area contributed by atoms with Gasteiger partial charge in [0.05, 0.1) is 23.1 Å². The number of imidazole rings is 1. The van der Waals surface area contributed by atoms with E-state index >= 15 is 0 Å². The minimum Gasteiger partial charge on any atom is -0.356 e. The van der Waals surface area contributed by atoms with E-state index in [2.05, 4.69) is 28.2 Å². The normalized spacial score (nSPS) is 15.9. The molecule has 6 nitrogen and oxygen atoms in total. The molecule has 0 aliphatic carbocycles. The summed E-state index contributed by atoms with van der Waals surface area (Å²) in [5.41, 5.74) is 7.15. The Hall–Kier alpha value is -3.93. The molecule has 1 aliphatic heterocycles. The standard InChI is InChI=1S/C26H23N5O/c1-17-7-6-11-22(28-17)26-25-19(18-8-2-3-9-20(18)29-25)13-14-31(26)24(32)15-30-16-27-21-10-4-5-12-23(21)30/h2-12,16,26,29H,13-15H2,1H3/t26-/m1/s1. The van der Waals surface area contributed by atoms with Crippen LogP contribution in [0.2, 0.25) is 0 Å². The van der Waals surface area contributed by atoms with Crippen LogP contribution in [0.4, 0.5) is 0 Å². The molecule has 0 unspecified atom stereocenters. The number of aromatic nitrogens is 4. The second-order valence-electron chi connectivity index (χ2n) is 8.37. The van der Waals surface area contributed by atoms with Gasteiger partial charge in [-0.15, -0.1) is 0 Å². The van der Waals surface area contributed by atoms with Crippen LogP contribution >= 0.6 is 0 Å². The first-order chi connectivity index (χ1) is 15.7. The van der Waals surface area contributed by atoms with Gasteiger partial charge in [-0.25, -0.2) is 4.98 Å². The van der Waals surface area contributed by atoms with Gasteiger partial charge in [-0.1, -0.05) is 36.4 Å². The van der Waals surface area contributed by atoms with E-state index in [1.165, 1.54) is 10.9 Å². The molecule has 4 heterocycles. The van der Waals surface area contributed by atoms with E-state index in [4.69, 9.17) is 4.98 Å². The molecule has 0 fully saturated rings. The van der Waals surface area contributed by atoms with Crippen LogP contribution in [-0.4, -0.2) is 36.9 Å². The van der Waals surface area contributed by atoms with Crippen molar-refractivity contribution in [2.45, 2.75) is 25.9 Å². The number of rotatable bonds is 3. The lowest BCUT2D eigenvalue weighted by molar-refractivity contribution is -0.134. The number of amides is 1. The molecule has 0 bridgehead atoms. The number of carbonyl (C=O) groups excluding carboxylic acids is 1. The Morgan fingerprint density at radius 3 is 2.81 bits per heavy atom. The fourth-order valence-corrected chi connectivity index (χ4v) is 4.91. The molecule has 1 amide bonds. The summed E-state index contributed by atoms with van der Waals surface area (Å²) in [6, 6.07) is 22.0. The number of hydrogen-bond acceptors (Lipinski definition) is 3. The molecule has 3 aromatic heterocycles. The van der Waals surface area contributed by atoms with Crippen molar-refractivity contribution in [3.63, 3.8) is 0 Å². The maximum atomic E-state index is 13.6. The average Bonchev–Trinajstić information content (AvgIpc) is 3.40. The van der Waals surface area contributed by atoms with Crippen LogP contribution < -0.4 is 0 Å². The van der Waals surface area contributed by atoms with Crippen molar-refractivity contribution in [2.75, 3.05) is 6.54 Å². The van der Waals surface area contributed by atoms with E-state index in [0.717, 1.165) is 40.1 Å². The Labute approximate surface area is 185 Å². The molecule has 5 aromatic rings. The zero-order chi connectivity index (χ0) is 21.7. The van der Waals surface area contributed by atoms with Crippen LogP contribution in [0.1, 0.15) is 28.7 Å². The lowest BCUT2D eigenvalue weighted by Crippen LogP contribution is -2.42. The van der Waals surface area contributed by atoms with Crippen molar-refractivity contribution in [3.05, 3.63) is 95.7 Å². The Balaban J connectivity index is 1.43. The van der Waals surface area contributed by atoms with Crippen LogP contribution in [0.3, 0.4) is 0 Å². The smallest absolute Gasteiger partial charge is 0.243 e. The van der Waals surface area contributed by atoms with E-state index in [1.54, 1.807) is 6.33 Å². The molecule has 0 saturated heterocycles. The molecule has 6 rings (SSSR count). The number of hydrogen-bond donors (Lipinski definition) is 1. The van der Waals surface area contributed by atoms with Crippen LogP contribution in [0.5, 0.6) is 0 Å². The zero-order valence-electron chi connectivity index (χ0n) is 17.8. The van der Waals surface area contributed by atoms with Crippen molar-refractivity contribution in [3.8, 4) is 0 Å². The van der Waals surface area contributed by atoms with E-state index < -0.39 is 0 Å². The molecule has 1 atom stereocenters. The number of nitrogens with zero attached hydrogens (tertiary/aromatic N) is 4. The summed E-state index contributed by atoms with van der Waals surface area (Å²) in [6.07, 6.45) is 2.57. The van der Waals surface area contributed by atoms with Crippen LogP contribution in [0.25, 0.3) is 21.9 Å². The van der Waals surface area contributed by atoms with Gasteiger partial charge in [-0.2, -0.15) is 0 Å². The first-order valence-electron chi connectivity index (χ1n) is 10.9. The first kappa shape index (κ1) is 18.8. The van der Waals surface area contributed by atoms with E-state index in [0.29, 0.717) is 6.54 Å². The number of carbonyl (C=O) groups is 1. The topological polar surface area (TPSA) is 66.8 Å². The average molecular weight is 422 g/mol. The maximum Gasteiger partial charge on any atom is 0.243 e. The predicted octanol–water partition coefficient (Wildman–Crippen LogP) is 4.40. The molecule has 158 valence electrons. The van der Waals surface area contributed by atoms with Gasteiger partial charge in [-0.05, 0) is 49.2 Å². The zero-order valence-corrected chi connectivity index (χ0v) is 17.8. The summed E-state index contributed by atoms with van der Waals surface area (Å²) in [6.45, 7) is 2.89. The lowest BCUT2D eigenvalue weighted by atomic mass is 9.94. The Morgan fingerprint density at radius 1 is 1.06 bits per heavy atom. The van der Waals surface area contributed by atoms with Gasteiger partial charge in [-0.3, -0.25) is 9.78 Å². The van der Waals surface area contributed by atoms with Gasteiger partial charge in [0, 0.05) is 28.8 Å². The summed E-state index contributed by atoms with van der Waals surface area (Å²) < 4.78 is 1.93. The third-order valence-electron chi connectivity index (χ3n) is 6.38. The Morgan fingerprint density at radius 2 is 1.91 bits per heavy atom. The fraction of sp³-hybridized carbons (Fsp3) is 0.192. The minimum absolute atomic E-state index is 0.0609. The van der Waals surface area contributed by atoms with E-state index in [9.17, 15) is 4.79 Å². The van der Waals surface area contributed by atoms with Gasteiger partial charge in [0.2, 0.25) is 5.91 Å². The SMILES string of the molecule is Cc1cccc([C@@H]2c3[nH]c4ccccc4c3CCN2C(=O)Cn2cnc3ccccc32)n1. The summed E-state index contributed by atoms with van der Waals surface area (Å²) in [5, 5.41) is 1.23. The number of para-hydroxylation sites is 3. The summed E-state index contributed by atoms with van der Waals surface area (Å²) in [5.74, 6) is 0.0609. The summed E-state index contributed by atoms with van der Waals surface area (Å²) in [4.78, 5) is 28.5. The monoisotopic (exact) mass is 421 g/mol. The number of pyridine rings is 1. The van der Waals surface area contributed by atoms with Crippen molar-refractivity contribution >= 4 is 27.8 Å². The van der Waals surface area contributed by atoms with Gasteiger partial charge in [0.1, 0.15) is 12.6 Å². The third-order valence-corrected chi connectivity index (χ3v) is 6.38. The highest BCUT2D eigenvalue weighted by molar-refractivity contribution is 5.87. The van der Waals surface area contributed by atoms with Crippen molar-refractivity contribution < 1.29 is 4.79 Å². The number of H-pyrrole nitrogens is 1. The highest BCUT2D eigenvalue weighted by Gasteiger charge is 2.35. The molecule has 1 N–H and O–H groups in total. The quantitative estimate of drug-likeness (QED) is 0.470. The van der Waals surface area contributed by atoms with Crippen LogP contribution in [0, 0.1) is 6.92 Å². The van der Waals surface area contributed by atoms with E-state index in [-0.39, 0.29) is 18.5 Å². The lowest BCUT2D eigenvalue weighted by Gasteiger charge is -2.36. The van der Waals surface area contributed by atoms with E-state index in [1.807, 2.05) is 64.9 Å². The number of aromatic amines is 1. The largest absolute Gasteiger partial charge is 0.356 e. The number of aryl methyl sites for hydroxylation is 1. The van der Waals surface area contributed by atoms with Gasteiger partial charge >= 0.3 is 0 Å². The van der Waals surface area contributed by atoms with Crippen molar-refractivity contribution in [1.82, 2.24) is 24.4 Å². The molecule has 0 spiro atoms. The Kier molecular flexibility index (Phi) is 4.31. The molecule has 1 aliphatic rings. The van der Waals surface area contributed by atoms with Crippen molar-refractivity contribution in [1.29, 1.82) is 0 Å². The third kappa shape index (κ3) is 2.99. The molecular formula is C26H23N5O. The minimum atomic E-state index is -0.242. The molecule has 6 heteroatoms. The second-order valence-corrected chi connectivity index (χ2v) is 8.37. The first-order valence-corrected chi connectivity index (χ1v) is 10.9. The molecule has 2 aromatic carbocycles. The molecule has 32 heavy (non-hydrogen) atoms. The van der Waals surface area contributed by atoms with Crippen LogP contribution in [-0.2, 0) is 17.8 Å². The second kappa shape index (κ2) is 7.34. The summed E-state index contributed by atoms with van der Waals surface area (Å²) >= 11 is 0. The fourth-order valence-electron chi connectivity index (χ4n) is 4.91. The summed E-state index contributed by atoms with van der Waals surface area (Å²) in [7, 11) is 0. The molecular weight excluding hydrogens is 398 g/mol. The van der Waals surface area contributed by atoms with Gasteiger partial charge < -0.3 is 14.5 Å². The number of fused-ring (bicyclic) bond motifs is 4. The molecule has 0 radical (unpaired) electrons. The number of benzene rings is 2. The Bertz CT molecular complexity index is 1460. The highest BCUT2D eigenvalue weighted by atomic mass is 16.2. The van der Waals surface area contributed by atoms with Crippen molar-refractivity contribution in [2.24, 2.45) is 0 Å². The molecule has 0 saturated carbocycles. The highest BCUT2D eigenvalue weighted by Crippen LogP contribution is 2.38. The van der Waals surface area contributed by atoms with Crippen LogP contribution in [0.15, 0.2) is 73.1 Å².